The minimum atomic E-state index is -3.67. The van der Waals surface area contributed by atoms with Crippen molar-refractivity contribution in [2.75, 3.05) is 20.6 Å². The molecule has 2 aromatic rings. The van der Waals surface area contributed by atoms with Crippen LogP contribution in [0.3, 0.4) is 0 Å². The first-order valence-electron chi connectivity index (χ1n) is 9.93. The number of aliphatic hydroxyl groups is 1. The average molecular weight is 509 g/mol. The quantitative estimate of drug-likeness (QED) is 0.536. The third-order valence-corrected chi connectivity index (χ3v) is 7.14. The van der Waals surface area contributed by atoms with E-state index in [1.165, 1.54) is 30.9 Å². The van der Waals surface area contributed by atoms with E-state index in [1.54, 1.807) is 19.1 Å². The third kappa shape index (κ3) is 6.30. The Morgan fingerprint density at radius 3 is 2.44 bits per heavy atom. The molecule has 1 unspecified atom stereocenters. The molecular formula is C21H31Cl2FN4O3S. The van der Waals surface area contributed by atoms with E-state index in [9.17, 15) is 17.9 Å². The minimum absolute atomic E-state index is 0. The Hall–Kier alpha value is -1.49. The van der Waals surface area contributed by atoms with Gasteiger partial charge in [0.1, 0.15) is 10.7 Å². The predicted octanol–water partition coefficient (Wildman–Crippen LogP) is 3.79. The van der Waals surface area contributed by atoms with E-state index in [0.29, 0.717) is 12.1 Å². The van der Waals surface area contributed by atoms with Crippen molar-refractivity contribution in [1.29, 1.82) is 0 Å². The maximum absolute atomic E-state index is 14.1. The molecule has 32 heavy (non-hydrogen) atoms. The highest BCUT2D eigenvalue weighted by Gasteiger charge is 2.25. The lowest BCUT2D eigenvalue weighted by atomic mass is 9.96. The van der Waals surface area contributed by atoms with Gasteiger partial charge in [-0.1, -0.05) is 31.5 Å². The molecule has 1 atom stereocenters. The fraction of sp³-hybridized carbons (Fsp3) is 0.476. The Balaban J connectivity index is 0.00000512. The highest BCUT2D eigenvalue weighted by Crippen LogP contribution is 2.31. The van der Waals surface area contributed by atoms with Crippen LogP contribution in [0.2, 0.25) is 5.02 Å². The largest absolute Gasteiger partial charge is 0.387 e. The zero-order valence-electron chi connectivity index (χ0n) is 18.8. The Morgan fingerprint density at radius 2 is 1.97 bits per heavy atom. The summed E-state index contributed by atoms with van der Waals surface area (Å²) in [6.45, 7) is 5.48. The molecule has 0 bridgehead atoms. The number of hydrogen-bond donors (Lipinski definition) is 2. The van der Waals surface area contributed by atoms with Crippen LogP contribution in [0.1, 0.15) is 55.3 Å². The number of halogens is 3. The highest BCUT2D eigenvalue weighted by atomic mass is 35.5. The summed E-state index contributed by atoms with van der Waals surface area (Å²) in [5, 5.41) is 15.1. The first kappa shape index (κ1) is 28.5. The summed E-state index contributed by atoms with van der Waals surface area (Å²) in [5.74, 6) is -0.408. The normalized spacial score (nSPS) is 13.5. The molecule has 1 heterocycles. The van der Waals surface area contributed by atoms with Gasteiger partial charge in [0.2, 0.25) is 10.0 Å². The van der Waals surface area contributed by atoms with E-state index in [4.69, 9.17) is 17.3 Å². The van der Waals surface area contributed by atoms with Crippen LogP contribution in [0.25, 0.3) is 0 Å². The molecule has 7 nitrogen and oxygen atoms in total. The fourth-order valence-electron chi connectivity index (χ4n) is 3.36. The van der Waals surface area contributed by atoms with Gasteiger partial charge in [0.25, 0.3) is 0 Å². The SMILES string of the molecule is CC(C)c1nn(C/C(F)=C/CN)c(C(C)O)c1Cc1ccc(S(=O)(=O)N(C)C)c(Cl)c1.Cl. The van der Waals surface area contributed by atoms with E-state index in [-0.39, 0.29) is 41.3 Å². The molecule has 0 spiro atoms. The van der Waals surface area contributed by atoms with Crippen LogP contribution in [0.5, 0.6) is 0 Å². The summed E-state index contributed by atoms with van der Waals surface area (Å²) in [7, 11) is -0.787. The Morgan fingerprint density at radius 1 is 1.34 bits per heavy atom. The molecule has 180 valence electrons. The van der Waals surface area contributed by atoms with Crippen LogP contribution < -0.4 is 5.73 Å². The summed E-state index contributed by atoms with van der Waals surface area (Å²) >= 11 is 6.29. The van der Waals surface area contributed by atoms with Crippen molar-refractivity contribution in [2.45, 2.75) is 50.7 Å². The average Bonchev–Trinajstić information content (AvgIpc) is 2.99. The molecule has 0 radical (unpaired) electrons. The lowest BCUT2D eigenvalue weighted by Crippen LogP contribution is -2.22. The van der Waals surface area contributed by atoms with Gasteiger partial charge in [-0.25, -0.2) is 17.1 Å². The van der Waals surface area contributed by atoms with Crippen LogP contribution in [0.15, 0.2) is 35.0 Å². The van der Waals surface area contributed by atoms with Crippen LogP contribution >= 0.6 is 24.0 Å². The topological polar surface area (TPSA) is 101 Å². The van der Waals surface area contributed by atoms with Gasteiger partial charge in [-0.2, -0.15) is 5.10 Å². The summed E-state index contributed by atoms with van der Waals surface area (Å²) in [6, 6.07) is 4.75. The second kappa shape index (κ2) is 11.6. The number of hydrogen-bond acceptors (Lipinski definition) is 5. The summed E-state index contributed by atoms with van der Waals surface area (Å²) < 4.78 is 41.5. The molecule has 0 aliphatic carbocycles. The molecule has 3 N–H and O–H groups in total. The van der Waals surface area contributed by atoms with Gasteiger partial charge < -0.3 is 10.8 Å². The number of allylic oxidation sites excluding steroid dienone is 1. The van der Waals surface area contributed by atoms with Gasteiger partial charge in [-0.15, -0.1) is 12.4 Å². The van der Waals surface area contributed by atoms with Crippen LogP contribution in [-0.2, 0) is 23.0 Å². The molecule has 1 aromatic heterocycles. The molecule has 0 fully saturated rings. The second-order valence-corrected chi connectivity index (χ2v) is 10.4. The van der Waals surface area contributed by atoms with Crippen LogP contribution in [0.4, 0.5) is 4.39 Å². The van der Waals surface area contributed by atoms with Crippen molar-refractivity contribution in [3.05, 3.63) is 57.6 Å². The first-order valence-corrected chi connectivity index (χ1v) is 11.7. The summed E-state index contributed by atoms with van der Waals surface area (Å²) in [4.78, 5) is 0.0208. The number of rotatable bonds is 9. The zero-order chi connectivity index (χ0) is 23.5. The predicted molar refractivity (Wildman–Crippen MR) is 128 cm³/mol. The Bertz CT molecular complexity index is 1070. The van der Waals surface area contributed by atoms with Gasteiger partial charge in [-0.05, 0) is 36.6 Å². The van der Waals surface area contributed by atoms with E-state index >= 15 is 0 Å². The Labute approximate surface area is 200 Å². The van der Waals surface area contributed by atoms with Crippen molar-refractivity contribution in [3.63, 3.8) is 0 Å². The first-order chi connectivity index (χ1) is 14.4. The molecule has 0 saturated heterocycles. The molecule has 2 rings (SSSR count). The molecule has 0 aliphatic heterocycles. The van der Waals surface area contributed by atoms with Crippen LogP contribution in [0, 0.1) is 0 Å². The fourth-order valence-corrected chi connectivity index (χ4v) is 4.80. The summed E-state index contributed by atoms with van der Waals surface area (Å²) in [5.41, 5.74) is 8.15. The molecule has 11 heteroatoms. The van der Waals surface area contributed by atoms with Gasteiger partial charge >= 0.3 is 0 Å². The van der Waals surface area contributed by atoms with E-state index in [2.05, 4.69) is 5.10 Å². The highest BCUT2D eigenvalue weighted by molar-refractivity contribution is 7.89. The molecule has 0 amide bonds. The van der Waals surface area contributed by atoms with Crippen molar-refractivity contribution >= 4 is 34.0 Å². The number of nitrogens with zero attached hydrogens (tertiary/aromatic N) is 3. The second-order valence-electron chi connectivity index (χ2n) is 7.85. The maximum Gasteiger partial charge on any atom is 0.244 e. The van der Waals surface area contributed by atoms with Crippen molar-refractivity contribution in [2.24, 2.45) is 5.73 Å². The van der Waals surface area contributed by atoms with Crippen molar-refractivity contribution < 1.29 is 17.9 Å². The van der Waals surface area contributed by atoms with E-state index < -0.39 is 22.0 Å². The number of sulfonamides is 1. The standard InChI is InChI=1S/C21H30ClFN4O3S.ClH/c1-13(2)20-17(21(14(3)28)27(25-20)12-16(23)8-9-24)10-15-6-7-19(18(22)11-15)31(29,30)26(4)5;/h6-8,11,13-14,28H,9-10,12,24H2,1-5H3;1H/b16-8-;. The van der Waals surface area contributed by atoms with E-state index in [1.807, 2.05) is 13.8 Å². The minimum Gasteiger partial charge on any atom is -0.387 e. The lowest BCUT2D eigenvalue weighted by Gasteiger charge is -2.15. The molecule has 0 aliphatic rings. The number of aliphatic hydroxyl groups excluding tert-OH is 1. The van der Waals surface area contributed by atoms with E-state index in [0.717, 1.165) is 21.1 Å². The van der Waals surface area contributed by atoms with Gasteiger partial charge in [0, 0.05) is 32.6 Å². The number of aromatic nitrogens is 2. The zero-order valence-corrected chi connectivity index (χ0v) is 21.2. The van der Waals surface area contributed by atoms with Gasteiger partial charge in [0.05, 0.1) is 29.1 Å². The smallest absolute Gasteiger partial charge is 0.244 e. The summed E-state index contributed by atoms with van der Waals surface area (Å²) in [6.07, 6.45) is 0.744. The molecule has 0 saturated carbocycles. The van der Waals surface area contributed by atoms with Gasteiger partial charge in [0.15, 0.2) is 0 Å². The molecular weight excluding hydrogens is 478 g/mol. The molecule has 1 aromatic carbocycles. The van der Waals surface area contributed by atoms with Gasteiger partial charge in [-0.3, -0.25) is 4.68 Å². The maximum atomic E-state index is 14.1. The van der Waals surface area contributed by atoms with Crippen LogP contribution in [-0.4, -0.2) is 48.3 Å². The number of benzene rings is 1. The lowest BCUT2D eigenvalue weighted by molar-refractivity contribution is 0.186. The third-order valence-electron chi connectivity index (χ3n) is 4.84. The monoisotopic (exact) mass is 508 g/mol. The Kier molecular flexibility index (Phi) is 10.3. The van der Waals surface area contributed by atoms with Crippen molar-refractivity contribution in [1.82, 2.24) is 14.1 Å². The number of nitrogens with two attached hydrogens (primary N) is 1. The van der Waals surface area contributed by atoms with Crippen molar-refractivity contribution in [3.8, 4) is 0 Å².